The number of primary amides is 1. The summed E-state index contributed by atoms with van der Waals surface area (Å²) in [4.78, 5) is 36.5. The third-order valence-corrected chi connectivity index (χ3v) is 6.62. The van der Waals surface area contributed by atoms with Crippen LogP contribution in [0, 0.1) is 23.2 Å². The van der Waals surface area contributed by atoms with Crippen molar-refractivity contribution in [2.75, 3.05) is 11.9 Å². The summed E-state index contributed by atoms with van der Waals surface area (Å²) in [6, 6.07) is 6.65. The van der Waals surface area contributed by atoms with Crippen LogP contribution in [0.25, 0.3) is 0 Å². The van der Waals surface area contributed by atoms with E-state index in [-0.39, 0.29) is 29.2 Å². The van der Waals surface area contributed by atoms with E-state index in [4.69, 9.17) is 5.73 Å². The summed E-state index contributed by atoms with van der Waals surface area (Å²) in [6.07, 6.45) is 7.12. The second-order valence-corrected chi connectivity index (χ2v) is 8.66. The number of para-hydroxylation sites is 1. The standard InChI is InChI=1S/C21H27N3O3/c22-19(26)16-3-1-2-4-17(16)24-18(25)5-6-23-20(27)21-10-13-7-14(11-21)9-15(8-13)12-21/h1-4,13-15H,5-12H2,(H2,22,26)(H,23,27)(H,24,25). The molecule has 0 aromatic heterocycles. The van der Waals surface area contributed by atoms with Crippen molar-refractivity contribution in [3.63, 3.8) is 0 Å². The van der Waals surface area contributed by atoms with E-state index in [0.717, 1.165) is 37.0 Å². The van der Waals surface area contributed by atoms with Crippen LogP contribution in [0.1, 0.15) is 55.3 Å². The highest BCUT2D eigenvalue weighted by Gasteiger charge is 2.54. The molecular weight excluding hydrogens is 342 g/mol. The molecule has 4 saturated carbocycles. The summed E-state index contributed by atoms with van der Waals surface area (Å²) in [5.41, 5.74) is 5.82. The average Bonchev–Trinajstić information content (AvgIpc) is 2.60. The molecule has 4 fully saturated rings. The fourth-order valence-corrected chi connectivity index (χ4v) is 5.89. The molecule has 3 amide bonds. The molecule has 4 aliphatic rings. The number of benzene rings is 1. The van der Waals surface area contributed by atoms with Gasteiger partial charge in [0.25, 0.3) is 5.91 Å². The van der Waals surface area contributed by atoms with Crippen molar-refractivity contribution in [3.05, 3.63) is 29.8 Å². The Labute approximate surface area is 159 Å². The molecule has 4 aliphatic carbocycles. The third kappa shape index (κ3) is 3.57. The van der Waals surface area contributed by atoms with Crippen LogP contribution in [0.4, 0.5) is 5.69 Å². The monoisotopic (exact) mass is 369 g/mol. The van der Waals surface area contributed by atoms with E-state index in [9.17, 15) is 14.4 Å². The number of nitrogens with two attached hydrogens (primary N) is 1. The van der Waals surface area contributed by atoms with Gasteiger partial charge in [-0.15, -0.1) is 0 Å². The molecule has 1 aromatic rings. The molecule has 6 nitrogen and oxygen atoms in total. The molecule has 0 aliphatic heterocycles. The molecule has 1 aromatic carbocycles. The fourth-order valence-electron chi connectivity index (χ4n) is 5.89. The molecule has 6 heteroatoms. The van der Waals surface area contributed by atoms with Gasteiger partial charge in [-0.1, -0.05) is 12.1 Å². The van der Waals surface area contributed by atoms with Gasteiger partial charge in [0.15, 0.2) is 0 Å². The van der Waals surface area contributed by atoms with Gasteiger partial charge in [-0.3, -0.25) is 14.4 Å². The molecule has 0 heterocycles. The molecule has 144 valence electrons. The number of anilines is 1. The van der Waals surface area contributed by atoms with E-state index in [0.29, 0.717) is 12.2 Å². The van der Waals surface area contributed by atoms with Crippen LogP contribution >= 0.6 is 0 Å². The molecule has 4 N–H and O–H groups in total. The van der Waals surface area contributed by atoms with Crippen LogP contribution < -0.4 is 16.4 Å². The van der Waals surface area contributed by atoms with Crippen molar-refractivity contribution in [3.8, 4) is 0 Å². The molecule has 0 radical (unpaired) electrons. The van der Waals surface area contributed by atoms with E-state index in [1.165, 1.54) is 19.3 Å². The summed E-state index contributed by atoms with van der Waals surface area (Å²) in [5, 5.41) is 5.71. The van der Waals surface area contributed by atoms with Crippen LogP contribution in [0.15, 0.2) is 24.3 Å². The van der Waals surface area contributed by atoms with Gasteiger partial charge < -0.3 is 16.4 Å². The summed E-state index contributed by atoms with van der Waals surface area (Å²) in [7, 11) is 0. The van der Waals surface area contributed by atoms with Crippen molar-refractivity contribution in [1.82, 2.24) is 5.32 Å². The van der Waals surface area contributed by atoms with E-state index in [1.807, 2.05) is 0 Å². The zero-order valence-corrected chi connectivity index (χ0v) is 15.5. The van der Waals surface area contributed by atoms with Gasteiger partial charge in [0.05, 0.1) is 11.3 Å². The van der Waals surface area contributed by atoms with E-state index in [2.05, 4.69) is 10.6 Å². The zero-order valence-electron chi connectivity index (χ0n) is 15.5. The fraction of sp³-hybridized carbons (Fsp3) is 0.571. The summed E-state index contributed by atoms with van der Waals surface area (Å²) >= 11 is 0. The van der Waals surface area contributed by atoms with E-state index in [1.54, 1.807) is 24.3 Å². The molecule has 0 spiro atoms. The van der Waals surface area contributed by atoms with Crippen molar-refractivity contribution < 1.29 is 14.4 Å². The number of nitrogens with one attached hydrogen (secondary N) is 2. The third-order valence-electron chi connectivity index (χ3n) is 6.62. The smallest absolute Gasteiger partial charge is 0.250 e. The lowest BCUT2D eigenvalue weighted by Crippen LogP contribution is -2.53. The highest BCUT2D eigenvalue weighted by molar-refractivity contribution is 6.03. The Bertz CT molecular complexity index is 738. The molecule has 27 heavy (non-hydrogen) atoms. The van der Waals surface area contributed by atoms with Crippen LogP contribution in [0.5, 0.6) is 0 Å². The lowest BCUT2D eigenvalue weighted by molar-refractivity contribution is -0.146. The normalized spacial score (nSPS) is 30.7. The van der Waals surface area contributed by atoms with Crippen LogP contribution in [-0.4, -0.2) is 24.3 Å². The van der Waals surface area contributed by atoms with Gasteiger partial charge in [-0.25, -0.2) is 0 Å². The second-order valence-electron chi connectivity index (χ2n) is 8.66. The highest BCUT2D eigenvalue weighted by Crippen LogP contribution is 2.60. The van der Waals surface area contributed by atoms with E-state index >= 15 is 0 Å². The maximum Gasteiger partial charge on any atom is 0.250 e. The number of rotatable bonds is 6. The van der Waals surface area contributed by atoms with Gasteiger partial charge in [0.1, 0.15) is 0 Å². The Balaban J connectivity index is 1.29. The van der Waals surface area contributed by atoms with Crippen LogP contribution in [-0.2, 0) is 9.59 Å². The minimum absolute atomic E-state index is 0.131. The largest absolute Gasteiger partial charge is 0.366 e. The summed E-state index contributed by atoms with van der Waals surface area (Å²) < 4.78 is 0. The highest BCUT2D eigenvalue weighted by atomic mass is 16.2. The average molecular weight is 369 g/mol. The number of hydrogen-bond acceptors (Lipinski definition) is 3. The SMILES string of the molecule is NC(=O)c1ccccc1NC(=O)CCNC(=O)C12CC3CC(CC(C3)C1)C2. The molecule has 5 rings (SSSR count). The van der Waals surface area contributed by atoms with Crippen LogP contribution in [0.3, 0.4) is 0 Å². The van der Waals surface area contributed by atoms with Crippen molar-refractivity contribution in [1.29, 1.82) is 0 Å². The minimum Gasteiger partial charge on any atom is -0.366 e. The predicted molar refractivity (Wildman–Crippen MR) is 102 cm³/mol. The molecule has 0 saturated heterocycles. The summed E-state index contributed by atoms with van der Waals surface area (Å²) in [6.45, 7) is 0.311. The van der Waals surface area contributed by atoms with Crippen molar-refractivity contribution in [2.45, 2.75) is 44.9 Å². The second kappa shape index (κ2) is 6.98. The Hall–Kier alpha value is -2.37. The first-order valence-electron chi connectivity index (χ1n) is 9.92. The van der Waals surface area contributed by atoms with Gasteiger partial charge in [0.2, 0.25) is 11.8 Å². The van der Waals surface area contributed by atoms with Crippen molar-refractivity contribution >= 4 is 23.4 Å². The molecule has 4 bridgehead atoms. The van der Waals surface area contributed by atoms with Crippen LogP contribution in [0.2, 0.25) is 0 Å². The Morgan fingerprint density at radius 2 is 1.59 bits per heavy atom. The van der Waals surface area contributed by atoms with Gasteiger partial charge >= 0.3 is 0 Å². The topological polar surface area (TPSA) is 101 Å². The number of carbonyl (C=O) groups excluding carboxylic acids is 3. The maximum atomic E-state index is 12.9. The first kappa shape index (κ1) is 18.0. The number of hydrogen-bond donors (Lipinski definition) is 3. The van der Waals surface area contributed by atoms with Gasteiger partial charge in [-0.2, -0.15) is 0 Å². The quantitative estimate of drug-likeness (QED) is 0.718. The molecular formula is C21H27N3O3. The van der Waals surface area contributed by atoms with Gasteiger partial charge in [0, 0.05) is 18.4 Å². The predicted octanol–water partition coefficient (Wildman–Crippen LogP) is 2.45. The summed E-state index contributed by atoms with van der Waals surface area (Å²) in [5.74, 6) is 1.46. The lowest BCUT2D eigenvalue weighted by Gasteiger charge is -2.55. The zero-order chi connectivity index (χ0) is 19.0. The number of carbonyl (C=O) groups is 3. The van der Waals surface area contributed by atoms with E-state index < -0.39 is 5.91 Å². The Morgan fingerprint density at radius 3 is 2.19 bits per heavy atom. The lowest BCUT2D eigenvalue weighted by atomic mass is 9.49. The first-order chi connectivity index (χ1) is 12.9. The maximum absolute atomic E-state index is 12.9. The Morgan fingerprint density at radius 1 is 1.00 bits per heavy atom. The van der Waals surface area contributed by atoms with Gasteiger partial charge in [-0.05, 0) is 68.4 Å². The molecule has 0 unspecified atom stereocenters. The Kier molecular flexibility index (Phi) is 4.66. The molecule has 0 atom stereocenters. The first-order valence-corrected chi connectivity index (χ1v) is 9.92. The number of amides is 3. The van der Waals surface area contributed by atoms with Crippen molar-refractivity contribution in [2.24, 2.45) is 28.9 Å². The minimum atomic E-state index is -0.582.